The molecule has 7 nitrogen and oxygen atoms in total. The lowest BCUT2D eigenvalue weighted by Gasteiger charge is -2.13. The van der Waals surface area contributed by atoms with E-state index in [9.17, 15) is 9.59 Å². The summed E-state index contributed by atoms with van der Waals surface area (Å²) in [6, 6.07) is 16.5. The fourth-order valence-corrected chi connectivity index (χ4v) is 4.62. The second-order valence-electron chi connectivity index (χ2n) is 9.25. The Kier molecular flexibility index (Phi) is 7.15. The van der Waals surface area contributed by atoms with E-state index in [-0.39, 0.29) is 25.3 Å². The lowest BCUT2D eigenvalue weighted by molar-refractivity contribution is 0.129. The molecule has 184 valence electrons. The zero-order valence-electron chi connectivity index (χ0n) is 21.0. The Morgan fingerprint density at radius 3 is 1.86 bits per heavy atom. The van der Waals surface area contributed by atoms with Crippen molar-refractivity contribution in [2.45, 2.75) is 66.3 Å². The van der Waals surface area contributed by atoms with Crippen LogP contribution in [-0.4, -0.2) is 28.7 Å². The summed E-state index contributed by atoms with van der Waals surface area (Å²) < 4.78 is 13.5. The van der Waals surface area contributed by atoms with Crippen molar-refractivity contribution in [1.29, 1.82) is 0 Å². The molecule has 0 fully saturated rings. The Hall–Kier alpha value is -3.74. The van der Waals surface area contributed by atoms with Crippen LogP contribution in [0.2, 0.25) is 0 Å². The van der Waals surface area contributed by atoms with Crippen LogP contribution >= 0.6 is 0 Å². The summed E-state index contributed by atoms with van der Waals surface area (Å²) in [4.78, 5) is 24.7. The van der Waals surface area contributed by atoms with Crippen molar-refractivity contribution in [3.05, 3.63) is 65.4 Å². The maximum absolute atomic E-state index is 12.4. The van der Waals surface area contributed by atoms with Gasteiger partial charge in [-0.2, -0.15) is 0 Å². The van der Waals surface area contributed by atoms with E-state index in [2.05, 4.69) is 46.2 Å². The largest absolute Gasteiger partial charge is 0.445 e. The van der Waals surface area contributed by atoms with Crippen molar-refractivity contribution in [2.75, 3.05) is 0 Å². The van der Waals surface area contributed by atoms with Gasteiger partial charge in [-0.15, -0.1) is 0 Å². The number of fused-ring (bicyclic) bond motifs is 6. The van der Waals surface area contributed by atoms with E-state index in [1.54, 1.807) is 0 Å². The molecule has 4 aromatic rings. The predicted octanol–water partition coefficient (Wildman–Crippen LogP) is 6.08. The summed E-state index contributed by atoms with van der Waals surface area (Å²) in [5, 5.41) is 8.86. The van der Waals surface area contributed by atoms with Crippen LogP contribution < -0.4 is 10.6 Å². The first-order valence-electron chi connectivity index (χ1n) is 12.1. The molecule has 35 heavy (non-hydrogen) atoms. The Labute approximate surface area is 205 Å². The molecule has 0 aliphatic carbocycles. The summed E-state index contributed by atoms with van der Waals surface area (Å²) in [6.45, 7) is 9.77. The molecule has 0 spiro atoms. The highest BCUT2D eigenvalue weighted by atomic mass is 16.6. The van der Waals surface area contributed by atoms with E-state index in [0.717, 1.165) is 44.0 Å². The summed E-state index contributed by atoms with van der Waals surface area (Å²) >= 11 is 0. The normalized spacial score (nSPS) is 11.5. The minimum atomic E-state index is -0.480. The zero-order valence-corrected chi connectivity index (χ0v) is 21.0. The first-order valence-corrected chi connectivity index (χ1v) is 12.1. The highest BCUT2D eigenvalue weighted by molar-refractivity contribution is 6.13. The number of pyridine rings is 1. The number of alkyl carbamates (subject to hydrolysis) is 2. The van der Waals surface area contributed by atoms with Gasteiger partial charge in [0, 0.05) is 39.7 Å². The molecule has 4 rings (SSSR count). The van der Waals surface area contributed by atoms with Crippen molar-refractivity contribution in [3.63, 3.8) is 0 Å². The van der Waals surface area contributed by atoms with Crippen LogP contribution in [0, 0.1) is 0 Å². The van der Waals surface area contributed by atoms with Gasteiger partial charge in [0.1, 0.15) is 13.2 Å². The van der Waals surface area contributed by atoms with Crippen LogP contribution in [0.3, 0.4) is 0 Å². The maximum Gasteiger partial charge on any atom is 0.407 e. The summed E-state index contributed by atoms with van der Waals surface area (Å²) in [5.74, 6) is 0. The van der Waals surface area contributed by atoms with Gasteiger partial charge >= 0.3 is 12.2 Å². The number of carbonyl (C=O) groups excluding carboxylic acids is 2. The number of aromatic nitrogens is 1. The van der Waals surface area contributed by atoms with E-state index in [0.29, 0.717) is 6.42 Å². The number of rotatable bonds is 7. The van der Waals surface area contributed by atoms with Gasteiger partial charge < -0.3 is 24.5 Å². The van der Waals surface area contributed by atoms with Crippen LogP contribution in [0.25, 0.3) is 27.2 Å². The highest BCUT2D eigenvalue weighted by Gasteiger charge is 2.24. The minimum Gasteiger partial charge on any atom is -0.445 e. The maximum atomic E-state index is 12.4. The topological polar surface area (TPSA) is 81.1 Å². The quantitative estimate of drug-likeness (QED) is 0.318. The molecular weight excluding hydrogens is 442 g/mol. The lowest BCUT2D eigenvalue weighted by Crippen LogP contribution is -2.31. The molecule has 2 aromatic carbocycles. The van der Waals surface area contributed by atoms with Crippen molar-refractivity contribution in [2.24, 2.45) is 0 Å². The molecular formula is C28H33N3O4. The van der Waals surface area contributed by atoms with Crippen LogP contribution in [0.1, 0.15) is 51.4 Å². The molecule has 2 amide bonds. The Bertz CT molecular complexity index is 1390. The molecule has 0 aliphatic heterocycles. The number of amides is 2. The Morgan fingerprint density at radius 1 is 0.771 bits per heavy atom. The van der Waals surface area contributed by atoms with Crippen LogP contribution in [-0.2, 0) is 29.1 Å². The van der Waals surface area contributed by atoms with Gasteiger partial charge in [0.15, 0.2) is 0 Å². The summed E-state index contributed by atoms with van der Waals surface area (Å²) in [6.07, 6.45) is -0.241. The average molecular weight is 476 g/mol. The first kappa shape index (κ1) is 24.4. The first-order chi connectivity index (χ1) is 16.8. The number of ether oxygens (including phenoxy) is 2. The molecule has 0 bridgehead atoms. The summed E-state index contributed by atoms with van der Waals surface area (Å²) in [5.41, 5.74) is 4.77. The predicted molar refractivity (Wildman–Crippen MR) is 139 cm³/mol. The van der Waals surface area contributed by atoms with Crippen LogP contribution in [0.4, 0.5) is 9.59 Å². The van der Waals surface area contributed by atoms with E-state index in [4.69, 9.17) is 9.47 Å². The van der Waals surface area contributed by atoms with Crippen molar-refractivity contribution < 1.29 is 19.1 Å². The van der Waals surface area contributed by atoms with Crippen LogP contribution in [0.5, 0.6) is 0 Å². The zero-order chi connectivity index (χ0) is 25.1. The average Bonchev–Trinajstić information content (AvgIpc) is 3.14. The molecule has 0 saturated heterocycles. The second-order valence-corrected chi connectivity index (χ2v) is 9.25. The number of nitrogens with zero attached hydrogens (tertiary/aromatic N) is 1. The second kappa shape index (κ2) is 10.3. The third kappa shape index (κ3) is 4.90. The van der Waals surface area contributed by atoms with Gasteiger partial charge in [-0.05, 0) is 45.6 Å². The Morgan fingerprint density at radius 2 is 1.29 bits per heavy atom. The number of nitrogens with one attached hydrogen (secondary N) is 2. The van der Waals surface area contributed by atoms with E-state index in [1.165, 1.54) is 0 Å². The number of hydrogen-bond donors (Lipinski definition) is 2. The fourth-order valence-electron chi connectivity index (χ4n) is 4.62. The molecule has 2 heterocycles. The number of para-hydroxylation sites is 1. The number of carbonyl (C=O) groups is 2. The van der Waals surface area contributed by atoms with Gasteiger partial charge in [-0.1, -0.05) is 49.4 Å². The molecule has 0 atom stereocenters. The standard InChI is InChI=1S/C28H33N3O4/c1-6-24-22(15-34-27(32)29-17(2)3)23(16-35-28(33)30-18(4)5)26-21-13-8-7-11-19(21)20-12-9-10-14-25(20)31(24)26/h7-14,17-18H,6,15-16H2,1-5H3,(H,29,32)(H,30,33). The third-order valence-corrected chi connectivity index (χ3v) is 5.95. The van der Waals surface area contributed by atoms with Gasteiger partial charge in [0.05, 0.1) is 11.0 Å². The monoisotopic (exact) mass is 475 g/mol. The van der Waals surface area contributed by atoms with Gasteiger partial charge in [-0.3, -0.25) is 0 Å². The number of hydrogen-bond acceptors (Lipinski definition) is 4. The van der Waals surface area contributed by atoms with Gasteiger partial charge in [0.25, 0.3) is 0 Å². The van der Waals surface area contributed by atoms with E-state index in [1.807, 2.05) is 52.0 Å². The number of benzene rings is 2. The molecule has 0 saturated carbocycles. The molecule has 0 aliphatic rings. The molecule has 7 heteroatoms. The smallest absolute Gasteiger partial charge is 0.407 e. The Balaban J connectivity index is 1.94. The van der Waals surface area contributed by atoms with Gasteiger partial charge in [-0.25, -0.2) is 9.59 Å². The molecule has 2 N–H and O–H groups in total. The van der Waals surface area contributed by atoms with Crippen LogP contribution in [0.15, 0.2) is 48.5 Å². The lowest BCUT2D eigenvalue weighted by atomic mass is 10.0. The summed E-state index contributed by atoms with van der Waals surface area (Å²) in [7, 11) is 0. The molecule has 2 aromatic heterocycles. The van der Waals surface area contributed by atoms with Crippen molar-refractivity contribution in [3.8, 4) is 0 Å². The molecule has 0 radical (unpaired) electrons. The number of aryl methyl sites for hydroxylation is 1. The minimum absolute atomic E-state index is 0.0309. The molecule has 0 unspecified atom stereocenters. The fraction of sp³-hybridized carbons (Fsp3) is 0.357. The highest BCUT2D eigenvalue weighted by Crippen LogP contribution is 2.37. The van der Waals surface area contributed by atoms with E-state index < -0.39 is 12.2 Å². The SMILES string of the molecule is CCc1c(COC(=O)NC(C)C)c(COC(=O)NC(C)C)c2c3ccccc3c3ccccc3n12. The van der Waals surface area contributed by atoms with E-state index >= 15 is 0 Å². The van der Waals surface area contributed by atoms with Crippen molar-refractivity contribution >= 4 is 39.4 Å². The van der Waals surface area contributed by atoms with Crippen molar-refractivity contribution in [1.82, 2.24) is 15.0 Å². The third-order valence-electron chi connectivity index (χ3n) is 5.95. The van der Waals surface area contributed by atoms with Gasteiger partial charge in [0.2, 0.25) is 0 Å².